The van der Waals surface area contributed by atoms with E-state index in [1.165, 1.54) is 31.3 Å². The molecule has 2 atom stereocenters. The summed E-state index contributed by atoms with van der Waals surface area (Å²) in [4.78, 5) is 26.4. The molecule has 0 aliphatic heterocycles. The summed E-state index contributed by atoms with van der Waals surface area (Å²) < 4.78 is 30.9. The molecule has 7 nitrogen and oxygen atoms in total. The van der Waals surface area contributed by atoms with Crippen molar-refractivity contribution < 1.29 is 22.7 Å². The lowest BCUT2D eigenvalue weighted by molar-refractivity contribution is -0.139. The van der Waals surface area contributed by atoms with Gasteiger partial charge in [-0.2, -0.15) is 0 Å². The van der Waals surface area contributed by atoms with E-state index in [9.17, 15) is 18.0 Å². The fourth-order valence-electron chi connectivity index (χ4n) is 2.51. The number of ether oxygens (including phenoxy) is 1. The Kier molecular flexibility index (Phi) is 8.23. The van der Waals surface area contributed by atoms with Gasteiger partial charge in [0.2, 0.25) is 10.0 Å². The van der Waals surface area contributed by atoms with Gasteiger partial charge in [0.1, 0.15) is 0 Å². The summed E-state index contributed by atoms with van der Waals surface area (Å²) in [6, 6.07) is 5.58. The van der Waals surface area contributed by atoms with E-state index in [0.29, 0.717) is 0 Å². The van der Waals surface area contributed by atoms with E-state index in [0.717, 1.165) is 12.8 Å². The van der Waals surface area contributed by atoms with Crippen molar-refractivity contribution in [3.05, 3.63) is 29.8 Å². The molecule has 1 aromatic rings. The van der Waals surface area contributed by atoms with Crippen LogP contribution in [0.15, 0.2) is 29.2 Å². The number of nitrogens with one attached hydrogen (secondary N) is 1. The lowest BCUT2D eigenvalue weighted by atomic mass is 10.1. The average Bonchev–Trinajstić information content (AvgIpc) is 2.65. The summed E-state index contributed by atoms with van der Waals surface area (Å²) in [7, 11) is -2.37. The highest BCUT2D eigenvalue weighted by Crippen LogP contribution is 2.14. The van der Waals surface area contributed by atoms with Gasteiger partial charge in [-0.05, 0) is 51.9 Å². The van der Waals surface area contributed by atoms with Crippen molar-refractivity contribution in [2.45, 2.75) is 57.5 Å². The first kappa shape index (κ1) is 22.1. The van der Waals surface area contributed by atoms with Gasteiger partial charge < -0.3 is 9.64 Å². The van der Waals surface area contributed by atoms with Crippen LogP contribution in [0.5, 0.6) is 0 Å². The van der Waals surface area contributed by atoms with Crippen LogP contribution in [0, 0.1) is 0 Å². The molecule has 0 unspecified atom stereocenters. The number of nitrogens with zero attached hydrogens (tertiary/aromatic N) is 1. The number of esters is 1. The molecule has 0 aliphatic carbocycles. The minimum Gasteiger partial charge on any atom is -0.452 e. The molecular formula is C18H28N2O5S. The Morgan fingerprint density at radius 1 is 1.15 bits per heavy atom. The lowest BCUT2D eigenvalue weighted by Crippen LogP contribution is -2.46. The number of benzene rings is 1. The third-order valence-corrected chi connectivity index (χ3v) is 5.81. The van der Waals surface area contributed by atoms with Crippen LogP contribution in [0.3, 0.4) is 0 Å². The van der Waals surface area contributed by atoms with E-state index < -0.39 is 16.0 Å². The normalized spacial score (nSPS) is 13.7. The van der Waals surface area contributed by atoms with Crippen LogP contribution in [0.1, 0.15) is 50.9 Å². The van der Waals surface area contributed by atoms with Gasteiger partial charge in [0.25, 0.3) is 5.91 Å². The quantitative estimate of drug-likeness (QED) is 0.659. The number of carbonyl (C=O) groups excluding carboxylic acids is 2. The number of hydrogen-bond acceptors (Lipinski definition) is 5. The molecule has 0 aromatic heterocycles. The third-order valence-electron chi connectivity index (χ3n) is 4.39. The lowest BCUT2D eigenvalue weighted by Gasteiger charge is -2.33. The van der Waals surface area contributed by atoms with Gasteiger partial charge >= 0.3 is 5.97 Å². The van der Waals surface area contributed by atoms with Crippen LogP contribution in [-0.2, 0) is 19.6 Å². The predicted octanol–water partition coefficient (Wildman–Crippen LogP) is 2.18. The summed E-state index contributed by atoms with van der Waals surface area (Å²) in [6.45, 7) is 7.52. The summed E-state index contributed by atoms with van der Waals surface area (Å²) >= 11 is 0. The van der Waals surface area contributed by atoms with E-state index in [-0.39, 0.29) is 35.1 Å². The molecule has 1 rings (SSSR count). The second-order valence-corrected chi connectivity index (χ2v) is 8.01. The number of amides is 1. The predicted molar refractivity (Wildman–Crippen MR) is 99.3 cm³/mol. The zero-order valence-corrected chi connectivity index (χ0v) is 16.8. The molecule has 26 heavy (non-hydrogen) atoms. The van der Waals surface area contributed by atoms with Gasteiger partial charge in [-0.3, -0.25) is 4.79 Å². The Bertz CT molecular complexity index is 723. The van der Waals surface area contributed by atoms with Crippen molar-refractivity contribution in [3.63, 3.8) is 0 Å². The first-order valence-electron chi connectivity index (χ1n) is 8.69. The fourth-order valence-corrected chi connectivity index (χ4v) is 3.29. The summed E-state index contributed by atoms with van der Waals surface area (Å²) in [6.07, 6.45) is 1.60. The third kappa shape index (κ3) is 5.54. The zero-order valence-electron chi connectivity index (χ0n) is 16.0. The standard InChI is InChI=1S/C18H28N2O5S/c1-6-13(3)20(14(4)7-2)17(21)12-25-18(22)15-9-8-10-16(11-15)26(23,24)19-5/h8-11,13-14,19H,6-7,12H2,1-5H3/t13-,14+. The molecule has 0 heterocycles. The van der Waals surface area contributed by atoms with E-state index in [2.05, 4.69) is 4.72 Å². The Morgan fingerprint density at radius 2 is 1.73 bits per heavy atom. The van der Waals surface area contributed by atoms with Crippen molar-refractivity contribution >= 4 is 21.9 Å². The molecule has 8 heteroatoms. The maximum absolute atomic E-state index is 12.5. The maximum Gasteiger partial charge on any atom is 0.338 e. The number of hydrogen-bond donors (Lipinski definition) is 1. The van der Waals surface area contributed by atoms with Gasteiger partial charge in [0, 0.05) is 12.1 Å². The van der Waals surface area contributed by atoms with Crippen LogP contribution in [0.25, 0.3) is 0 Å². The summed E-state index contributed by atoms with van der Waals surface area (Å²) in [5.41, 5.74) is 0.0766. The molecule has 0 radical (unpaired) electrons. The molecule has 1 aromatic carbocycles. The number of carbonyl (C=O) groups is 2. The molecule has 1 amide bonds. The Balaban J connectivity index is 2.85. The first-order chi connectivity index (χ1) is 12.2. The summed E-state index contributed by atoms with van der Waals surface area (Å²) in [5.74, 6) is -0.999. The average molecular weight is 384 g/mol. The Labute approximate surface area is 155 Å². The maximum atomic E-state index is 12.5. The highest BCUT2D eigenvalue weighted by atomic mass is 32.2. The molecule has 0 saturated heterocycles. The van der Waals surface area contributed by atoms with Gasteiger partial charge in [-0.15, -0.1) is 0 Å². The highest BCUT2D eigenvalue weighted by molar-refractivity contribution is 7.89. The monoisotopic (exact) mass is 384 g/mol. The minimum atomic E-state index is -3.66. The van der Waals surface area contributed by atoms with E-state index in [1.807, 2.05) is 27.7 Å². The topological polar surface area (TPSA) is 92.8 Å². The largest absolute Gasteiger partial charge is 0.452 e. The van der Waals surface area contributed by atoms with Gasteiger partial charge in [-0.1, -0.05) is 19.9 Å². The van der Waals surface area contributed by atoms with Crippen molar-refractivity contribution in [1.29, 1.82) is 0 Å². The Morgan fingerprint density at radius 3 is 2.23 bits per heavy atom. The molecule has 0 fully saturated rings. The van der Waals surface area contributed by atoms with Gasteiger partial charge in [-0.25, -0.2) is 17.9 Å². The summed E-state index contributed by atoms with van der Waals surface area (Å²) in [5, 5.41) is 0. The van der Waals surface area contributed by atoms with Gasteiger partial charge in [0.05, 0.1) is 10.5 Å². The second-order valence-electron chi connectivity index (χ2n) is 6.13. The van der Waals surface area contributed by atoms with Gasteiger partial charge in [0.15, 0.2) is 6.61 Å². The van der Waals surface area contributed by atoms with Crippen molar-refractivity contribution in [1.82, 2.24) is 9.62 Å². The van der Waals surface area contributed by atoms with Crippen LogP contribution in [0.4, 0.5) is 0 Å². The van der Waals surface area contributed by atoms with Crippen LogP contribution < -0.4 is 4.72 Å². The molecule has 146 valence electrons. The minimum absolute atomic E-state index is 0.0402. The fraction of sp³-hybridized carbons (Fsp3) is 0.556. The molecular weight excluding hydrogens is 356 g/mol. The van der Waals surface area contributed by atoms with Crippen LogP contribution in [0.2, 0.25) is 0 Å². The van der Waals surface area contributed by atoms with E-state index in [1.54, 1.807) is 4.90 Å². The zero-order chi connectivity index (χ0) is 19.9. The smallest absolute Gasteiger partial charge is 0.338 e. The molecule has 0 bridgehead atoms. The van der Waals surface area contributed by atoms with Crippen molar-refractivity contribution in [2.24, 2.45) is 0 Å². The van der Waals surface area contributed by atoms with Crippen LogP contribution in [-0.4, -0.2) is 50.9 Å². The van der Waals surface area contributed by atoms with Crippen molar-refractivity contribution in [2.75, 3.05) is 13.7 Å². The van der Waals surface area contributed by atoms with E-state index in [4.69, 9.17) is 4.74 Å². The highest BCUT2D eigenvalue weighted by Gasteiger charge is 2.25. The molecule has 0 spiro atoms. The Hall–Kier alpha value is -1.93. The second kappa shape index (κ2) is 9.68. The van der Waals surface area contributed by atoms with Crippen LogP contribution >= 0.6 is 0 Å². The SMILES string of the molecule is CC[C@@H](C)N(C(=O)COC(=O)c1cccc(S(=O)(=O)NC)c1)[C@@H](C)CC. The van der Waals surface area contributed by atoms with Crippen molar-refractivity contribution in [3.8, 4) is 0 Å². The molecule has 1 N–H and O–H groups in total. The van der Waals surface area contributed by atoms with E-state index >= 15 is 0 Å². The molecule has 0 saturated carbocycles. The molecule has 0 aliphatic rings. The number of rotatable bonds is 9. The number of sulfonamides is 1. The first-order valence-corrected chi connectivity index (χ1v) is 10.2.